The molecule has 0 aliphatic heterocycles. The van der Waals surface area contributed by atoms with Gasteiger partial charge in [-0.3, -0.25) is 9.10 Å². The van der Waals surface area contributed by atoms with Gasteiger partial charge in [-0.1, -0.05) is 40.9 Å². The summed E-state index contributed by atoms with van der Waals surface area (Å²) in [7, 11) is -2.86. The van der Waals surface area contributed by atoms with E-state index in [-0.39, 0.29) is 26.9 Å². The van der Waals surface area contributed by atoms with Gasteiger partial charge in [0.15, 0.2) is 0 Å². The Balaban J connectivity index is 1.92. The van der Waals surface area contributed by atoms with Gasteiger partial charge in [-0.05, 0) is 61.5 Å². The topological polar surface area (TPSA) is 92.8 Å². The number of sulfonamides is 1. The van der Waals surface area contributed by atoms with Gasteiger partial charge in [-0.15, -0.1) is 0 Å². The Morgan fingerprint density at radius 2 is 1.61 bits per heavy atom. The summed E-state index contributed by atoms with van der Waals surface area (Å²) in [6.07, 6.45) is 0. The molecule has 0 saturated carbocycles. The number of esters is 1. The monoisotopic (exact) mass is 506 g/mol. The van der Waals surface area contributed by atoms with E-state index in [0.717, 1.165) is 9.87 Å². The Hall–Kier alpha value is -3.07. The number of carbonyl (C=O) groups is 2. The van der Waals surface area contributed by atoms with Crippen LogP contribution in [-0.4, -0.2) is 33.9 Å². The molecule has 3 aromatic rings. The first-order valence-electron chi connectivity index (χ1n) is 9.64. The van der Waals surface area contributed by atoms with Gasteiger partial charge >= 0.3 is 5.97 Å². The van der Waals surface area contributed by atoms with Crippen molar-refractivity contribution in [1.82, 2.24) is 0 Å². The van der Waals surface area contributed by atoms with Crippen molar-refractivity contribution >= 4 is 56.5 Å². The first kappa shape index (κ1) is 24.6. The van der Waals surface area contributed by atoms with Gasteiger partial charge in [0.25, 0.3) is 10.0 Å². The molecule has 7 nitrogen and oxygen atoms in total. The molecule has 33 heavy (non-hydrogen) atoms. The molecule has 0 saturated heterocycles. The number of halogens is 2. The number of rotatable bonds is 7. The predicted molar refractivity (Wildman–Crippen MR) is 129 cm³/mol. The van der Waals surface area contributed by atoms with Crippen LogP contribution in [0, 0.1) is 6.92 Å². The van der Waals surface area contributed by atoms with Crippen molar-refractivity contribution < 1.29 is 22.7 Å². The Morgan fingerprint density at radius 3 is 2.21 bits per heavy atom. The maximum absolute atomic E-state index is 13.4. The third kappa shape index (κ3) is 5.84. The van der Waals surface area contributed by atoms with Gasteiger partial charge < -0.3 is 10.1 Å². The summed E-state index contributed by atoms with van der Waals surface area (Å²) in [5, 5.41) is 3.18. The summed E-state index contributed by atoms with van der Waals surface area (Å²) >= 11 is 12.0. The van der Waals surface area contributed by atoms with Crippen molar-refractivity contribution in [2.24, 2.45) is 0 Å². The van der Waals surface area contributed by atoms with Crippen LogP contribution in [0.15, 0.2) is 71.6 Å². The molecule has 0 atom stereocenters. The SMILES string of the molecule is COC(=O)c1cc(NC(=O)CN(c2ccc(Cl)cc2)S(=O)(=O)c2ccc(C)cc2)ccc1Cl. The van der Waals surface area contributed by atoms with E-state index < -0.39 is 28.4 Å². The van der Waals surface area contributed by atoms with Crippen LogP contribution < -0.4 is 9.62 Å². The highest BCUT2D eigenvalue weighted by atomic mass is 35.5. The van der Waals surface area contributed by atoms with Gasteiger partial charge in [-0.25, -0.2) is 13.2 Å². The summed E-state index contributed by atoms with van der Waals surface area (Å²) in [4.78, 5) is 24.7. The summed E-state index contributed by atoms with van der Waals surface area (Å²) in [5.74, 6) is -1.29. The molecule has 0 bridgehead atoms. The van der Waals surface area contributed by atoms with Gasteiger partial charge in [0, 0.05) is 10.7 Å². The van der Waals surface area contributed by atoms with E-state index in [1.54, 1.807) is 12.1 Å². The van der Waals surface area contributed by atoms with Crippen molar-refractivity contribution in [3.05, 3.63) is 87.9 Å². The largest absolute Gasteiger partial charge is 0.465 e. The van der Waals surface area contributed by atoms with Crippen molar-refractivity contribution in [1.29, 1.82) is 0 Å². The molecular formula is C23H20Cl2N2O5S. The van der Waals surface area contributed by atoms with Crippen LogP contribution in [0.3, 0.4) is 0 Å². The molecule has 0 aliphatic rings. The molecule has 0 spiro atoms. The number of aryl methyl sites for hydroxylation is 1. The van der Waals surface area contributed by atoms with Gasteiger partial charge in [-0.2, -0.15) is 0 Å². The molecule has 1 N–H and O–H groups in total. The quantitative estimate of drug-likeness (QED) is 0.459. The Labute approximate surface area is 201 Å². The van der Waals surface area contributed by atoms with Crippen molar-refractivity contribution in [2.75, 3.05) is 23.3 Å². The lowest BCUT2D eigenvalue weighted by Gasteiger charge is -2.24. The highest BCUT2D eigenvalue weighted by Crippen LogP contribution is 2.26. The average Bonchev–Trinajstić information content (AvgIpc) is 2.79. The maximum Gasteiger partial charge on any atom is 0.339 e. The fourth-order valence-corrected chi connectivity index (χ4v) is 4.70. The van der Waals surface area contributed by atoms with Crippen LogP contribution in [0.25, 0.3) is 0 Å². The number of carbonyl (C=O) groups excluding carboxylic acids is 2. The van der Waals surface area contributed by atoms with E-state index in [0.29, 0.717) is 5.02 Å². The zero-order valence-corrected chi connectivity index (χ0v) is 20.0. The van der Waals surface area contributed by atoms with Crippen molar-refractivity contribution in [2.45, 2.75) is 11.8 Å². The normalized spacial score (nSPS) is 11.0. The van der Waals surface area contributed by atoms with E-state index in [9.17, 15) is 18.0 Å². The Kier molecular flexibility index (Phi) is 7.63. The highest BCUT2D eigenvalue weighted by Gasteiger charge is 2.27. The van der Waals surface area contributed by atoms with Crippen LogP contribution in [-0.2, 0) is 19.6 Å². The molecule has 0 aromatic heterocycles. The summed E-state index contributed by atoms with van der Waals surface area (Å²) in [6, 6.07) is 16.7. The number of nitrogens with zero attached hydrogens (tertiary/aromatic N) is 1. The first-order valence-corrected chi connectivity index (χ1v) is 11.8. The third-order valence-electron chi connectivity index (χ3n) is 4.67. The maximum atomic E-state index is 13.4. The molecule has 0 fully saturated rings. The van der Waals surface area contributed by atoms with Crippen LogP contribution in [0.1, 0.15) is 15.9 Å². The second kappa shape index (κ2) is 10.2. The standard InChI is InChI=1S/C23H20Cl2N2O5S/c1-15-3-10-19(11-4-15)33(30,31)27(18-8-5-16(24)6-9-18)14-22(28)26-17-7-12-21(25)20(13-17)23(29)32-2/h3-13H,14H2,1-2H3,(H,26,28). The molecule has 0 aliphatic carbocycles. The highest BCUT2D eigenvalue weighted by molar-refractivity contribution is 7.92. The predicted octanol–water partition coefficient (Wildman–Crippen LogP) is 4.92. The van der Waals surface area contributed by atoms with E-state index in [2.05, 4.69) is 10.1 Å². The van der Waals surface area contributed by atoms with Crippen molar-refractivity contribution in [3.8, 4) is 0 Å². The number of methoxy groups -OCH3 is 1. The third-order valence-corrected chi connectivity index (χ3v) is 7.04. The minimum absolute atomic E-state index is 0.0373. The summed E-state index contributed by atoms with van der Waals surface area (Å²) in [5.41, 5.74) is 1.49. The fraction of sp³-hybridized carbons (Fsp3) is 0.130. The zero-order valence-electron chi connectivity index (χ0n) is 17.7. The molecule has 172 valence electrons. The summed E-state index contributed by atoms with van der Waals surface area (Å²) in [6.45, 7) is 1.32. The second-order valence-electron chi connectivity index (χ2n) is 7.04. The van der Waals surface area contributed by atoms with Crippen LogP contribution in [0.4, 0.5) is 11.4 Å². The van der Waals surface area contributed by atoms with Crippen LogP contribution in [0.2, 0.25) is 10.0 Å². The van der Waals surface area contributed by atoms with E-state index >= 15 is 0 Å². The molecule has 3 aromatic carbocycles. The number of nitrogens with one attached hydrogen (secondary N) is 1. The minimum Gasteiger partial charge on any atom is -0.465 e. The van der Waals surface area contributed by atoms with E-state index in [1.165, 1.54) is 61.7 Å². The van der Waals surface area contributed by atoms with Crippen molar-refractivity contribution in [3.63, 3.8) is 0 Å². The lowest BCUT2D eigenvalue weighted by molar-refractivity contribution is -0.114. The molecule has 3 rings (SSSR count). The smallest absolute Gasteiger partial charge is 0.339 e. The lowest BCUT2D eigenvalue weighted by atomic mass is 10.2. The van der Waals surface area contributed by atoms with Crippen LogP contribution in [0.5, 0.6) is 0 Å². The van der Waals surface area contributed by atoms with Gasteiger partial charge in [0.05, 0.1) is 28.3 Å². The molecule has 0 heterocycles. The summed E-state index contributed by atoms with van der Waals surface area (Å²) < 4.78 is 32.4. The average molecular weight is 507 g/mol. The van der Waals surface area contributed by atoms with Gasteiger partial charge in [0.1, 0.15) is 6.54 Å². The number of hydrogen-bond acceptors (Lipinski definition) is 5. The Morgan fingerprint density at radius 1 is 0.970 bits per heavy atom. The molecule has 0 radical (unpaired) electrons. The van der Waals surface area contributed by atoms with E-state index in [4.69, 9.17) is 23.2 Å². The zero-order chi connectivity index (χ0) is 24.2. The van der Waals surface area contributed by atoms with Crippen LogP contribution >= 0.6 is 23.2 Å². The number of hydrogen-bond donors (Lipinski definition) is 1. The number of benzene rings is 3. The minimum atomic E-state index is -4.07. The molecule has 0 unspecified atom stereocenters. The molecule has 1 amide bonds. The van der Waals surface area contributed by atoms with E-state index in [1.807, 2.05) is 6.92 Å². The number of amides is 1. The number of ether oxygens (including phenoxy) is 1. The first-order chi connectivity index (χ1) is 15.6. The van der Waals surface area contributed by atoms with Gasteiger partial charge in [0.2, 0.25) is 5.91 Å². The number of anilines is 2. The lowest BCUT2D eigenvalue weighted by Crippen LogP contribution is -2.38. The second-order valence-corrected chi connectivity index (χ2v) is 9.74. The molecule has 10 heteroatoms. The molecular weight excluding hydrogens is 487 g/mol. The fourth-order valence-electron chi connectivity index (χ4n) is 2.96. The Bertz CT molecular complexity index is 1280.